The second-order valence-electron chi connectivity index (χ2n) is 8.70. The van der Waals surface area contributed by atoms with E-state index >= 15 is 0 Å². The van der Waals surface area contributed by atoms with Crippen molar-refractivity contribution in [2.75, 3.05) is 77.9 Å². The lowest BCUT2D eigenvalue weighted by Crippen LogP contribution is -2.55. The van der Waals surface area contributed by atoms with Crippen LogP contribution in [0.4, 0.5) is 0 Å². The molecular weight excluding hydrogens is 406 g/mol. The van der Waals surface area contributed by atoms with Crippen LogP contribution in [0.5, 0.6) is 0 Å². The van der Waals surface area contributed by atoms with Crippen LogP contribution in [0.25, 0.3) is 0 Å². The lowest BCUT2D eigenvalue weighted by atomic mass is 10.0. The van der Waals surface area contributed by atoms with E-state index in [1.165, 1.54) is 0 Å². The SMILES string of the molecule is CCNC(=NCC(C)(C)N1CCOCC1)N1CCN(S(=O)(=O)CCOC(C)C)CC1. The number of aliphatic imine (C=N–C) groups is 1. The first-order valence-electron chi connectivity index (χ1n) is 11.1. The fourth-order valence-electron chi connectivity index (χ4n) is 3.66. The van der Waals surface area contributed by atoms with Gasteiger partial charge in [0.1, 0.15) is 0 Å². The van der Waals surface area contributed by atoms with Crippen molar-refractivity contribution in [3.8, 4) is 0 Å². The van der Waals surface area contributed by atoms with Crippen molar-refractivity contribution in [2.45, 2.75) is 46.3 Å². The minimum Gasteiger partial charge on any atom is -0.379 e. The van der Waals surface area contributed by atoms with Gasteiger partial charge in [-0.2, -0.15) is 4.31 Å². The molecule has 9 nitrogen and oxygen atoms in total. The molecule has 2 aliphatic rings. The van der Waals surface area contributed by atoms with Crippen LogP contribution in [0.15, 0.2) is 4.99 Å². The number of guanidine groups is 1. The molecule has 10 heteroatoms. The molecule has 176 valence electrons. The molecule has 2 heterocycles. The Hall–Kier alpha value is -0.940. The summed E-state index contributed by atoms with van der Waals surface area (Å²) in [7, 11) is -3.29. The number of rotatable bonds is 9. The molecule has 2 saturated heterocycles. The van der Waals surface area contributed by atoms with Crippen molar-refractivity contribution in [1.29, 1.82) is 0 Å². The normalized spacial score (nSPS) is 20.7. The summed E-state index contributed by atoms with van der Waals surface area (Å²) in [6.45, 7) is 17.6. The van der Waals surface area contributed by atoms with Crippen LogP contribution in [0.1, 0.15) is 34.6 Å². The van der Waals surface area contributed by atoms with E-state index in [9.17, 15) is 8.42 Å². The maximum atomic E-state index is 12.6. The molecule has 0 atom stereocenters. The molecular formula is C20H41N5O4S. The monoisotopic (exact) mass is 447 g/mol. The van der Waals surface area contributed by atoms with Crippen molar-refractivity contribution >= 4 is 16.0 Å². The van der Waals surface area contributed by atoms with Gasteiger partial charge in [-0.15, -0.1) is 0 Å². The second kappa shape index (κ2) is 11.6. The molecule has 0 unspecified atom stereocenters. The molecule has 0 aliphatic carbocycles. The van der Waals surface area contributed by atoms with E-state index in [1.807, 2.05) is 13.8 Å². The van der Waals surface area contributed by atoms with Crippen LogP contribution in [-0.2, 0) is 19.5 Å². The van der Waals surface area contributed by atoms with Crippen molar-refractivity contribution in [3.05, 3.63) is 0 Å². The highest BCUT2D eigenvalue weighted by molar-refractivity contribution is 7.89. The van der Waals surface area contributed by atoms with Gasteiger partial charge in [-0.05, 0) is 34.6 Å². The van der Waals surface area contributed by atoms with E-state index < -0.39 is 10.0 Å². The Morgan fingerprint density at radius 3 is 2.33 bits per heavy atom. The van der Waals surface area contributed by atoms with Gasteiger partial charge in [0, 0.05) is 51.4 Å². The van der Waals surface area contributed by atoms with Crippen molar-refractivity contribution in [3.63, 3.8) is 0 Å². The summed E-state index contributed by atoms with van der Waals surface area (Å²) in [5.74, 6) is 0.895. The fraction of sp³-hybridized carbons (Fsp3) is 0.950. The van der Waals surface area contributed by atoms with Gasteiger partial charge < -0.3 is 19.7 Å². The van der Waals surface area contributed by atoms with Gasteiger partial charge >= 0.3 is 0 Å². The summed E-state index contributed by atoms with van der Waals surface area (Å²) in [5, 5.41) is 3.37. The maximum Gasteiger partial charge on any atom is 0.216 e. The third-order valence-corrected chi connectivity index (χ3v) is 7.38. The number of nitrogens with one attached hydrogen (secondary N) is 1. The Kier molecular flexibility index (Phi) is 9.80. The molecule has 0 saturated carbocycles. The predicted octanol–water partition coefficient (Wildman–Crippen LogP) is 0.435. The third kappa shape index (κ3) is 7.64. The molecule has 2 fully saturated rings. The number of hydrogen-bond acceptors (Lipinski definition) is 6. The first kappa shape index (κ1) is 25.3. The second-order valence-corrected chi connectivity index (χ2v) is 10.8. The van der Waals surface area contributed by atoms with E-state index in [0.29, 0.717) is 32.7 Å². The standard InChI is InChI=1S/C20H41N5O4S/c1-6-21-19(22-17-20(4,5)24-11-13-28-14-12-24)23-7-9-25(10-8-23)30(26,27)16-15-29-18(2)3/h18H,6-17H2,1-5H3,(H,21,22). The molecule has 0 aromatic rings. The van der Waals surface area contributed by atoms with Gasteiger partial charge in [0.25, 0.3) is 0 Å². The summed E-state index contributed by atoms with van der Waals surface area (Å²) in [4.78, 5) is 9.49. The average molecular weight is 448 g/mol. The summed E-state index contributed by atoms with van der Waals surface area (Å²) in [5.41, 5.74) is -0.0496. The van der Waals surface area contributed by atoms with Crippen LogP contribution < -0.4 is 5.32 Å². The van der Waals surface area contributed by atoms with Gasteiger partial charge in [0.05, 0.1) is 38.2 Å². The maximum absolute atomic E-state index is 12.6. The average Bonchev–Trinajstić information content (AvgIpc) is 2.71. The molecule has 0 bridgehead atoms. The lowest BCUT2D eigenvalue weighted by Gasteiger charge is -2.40. The van der Waals surface area contributed by atoms with Gasteiger partial charge in [0.2, 0.25) is 10.0 Å². The Bertz CT molecular complexity index is 640. The van der Waals surface area contributed by atoms with Gasteiger partial charge in [-0.25, -0.2) is 8.42 Å². The predicted molar refractivity (Wildman–Crippen MR) is 120 cm³/mol. The molecule has 0 spiro atoms. The first-order chi connectivity index (χ1) is 14.2. The van der Waals surface area contributed by atoms with Gasteiger partial charge in [-0.1, -0.05) is 0 Å². The smallest absolute Gasteiger partial charge is 0.216 e. The zero-order valence-corrected chi connectivity index (χ0v) is 20.2. The molecule has 30 heavy (non-hydrogen) atoms. The molecule has 2 rings (SSSR count). The van der Waals surface area contributed by atoms with Crippen molar-refractivity contribution < 1.29 is 17.9 Å². The molecule has 0 aromatic heterocycles. The van der Waals surface area contributed by atoms with E-state index in [-0.39, 0.29) is 24.0 Å². The summed E-state index contributed by atoms with van der Waals surface area (Å²) in [6.07, 6.45) is 0.0395. The van der Waals surface area contributed by atoms with Crippen LogP contribution in [0.2, 0.25) is 0 Å². The van der Waals surface area contributed by atoms with Gasteiger partial charge in [-0.3, -0.25) is 9.89 Å². The quantitative estimate of drug-likeness (QED) is 0.405. The zero-order chi connectivity index (χ0) is 22.2. The largest absolute Gasteiger partial charge is 0.379 e. The highest BCUT2D eigenvalue weighted by Gasteiger charge is 2.30. The Morgan fingerprint density at radius 2 is 1.77 bits per heavy atom. The Morgan fingerprint density at radius 1 is 1.13 bits per heavy atom. The van der Waals surface area contributed by atoms with Crippen LogP contribution in [0.3, 0.4) is 0 Å². The molecule has 0 radical (unpaired) electrons. The highest BCUT2D eigenvalue weighted by atomic mass is 32.2. The molecule has 1 N–H and O–H groups in total. The molecule has 2 aliphatic heterocycles. The number of ether oxygens (including phenoxy) is 2. The van der Waals surface area contributed by atoms with E-state index in [0.717, 1.165) is 38.8 Å². The van der Waals surface area contributed by atoms with Crippen molar-refractivity contribution in [2.24, 2.45) is 4.99 Å². The lowest BCUT2D eigenvalue weighted by molar-refractivity contribution is -0.00690. The van der Waals surface area contributed by atoms with E-state index in [1.54, 1.807) is 4.31 Å². The molecule has 0 amide bonds. The highest BCUT2D eigenvalue weighted by Crippen LogP contribution is 2.17. The zero-order valence-electron chi connectivity index (χ0n) is 19.4. The Balaban J connectivity index is 1.92. The first-order valence-corrected chi connectivity index (χ1v) is 12.7. The number of morpholine rings is 1. The number of hydrogen-bond donors (Lipinski definition) is 1. The third-order valence-electron chi connectivity index (χ3n) is 5.54. The minimum atomic E-state index is -3.29. The topological polar surface area (TPSA) is 86.7 Å². The minimum absolute atomic E-state index is 0.0348. The van der Waals surface area contributed by atoms with E-state index in [2.05, 4.69) is 35.9 Å². The van der Waals surface area contributed by atoms with E-state index in [4.69, 9.17) is 14.5 Å². The van der Waals surface area contributed by atoms with Crippen LogP contribution in [-0.4, -0.2) is 118 Å². The van der Waals surface area contributed by atoms with Crippen molar-refractivity contribution in [1.82, 2.24) is 19.4 Å². The Labute approximate surface area is 182 Å². The van der Waals surface area contributed by atoms with Crippen LogP contribution in [0, 0.1) is 0 Å². The summed E-state index contributed by atoms with van der Waals surface area (Å²) in [6, 6.07) is 0. The number of nitrogens with zero attached hydrogens (tertiary/aromatic N) is 4. The summed E-state index contributed by atoms with van der Waals surface area (Å²) < 4.78 is 37.6. The number of piperazine rings is 1. The van der Waals surface area contributed by atoms with Crippen LogP contribution >= 0.6 is 0 Å². The van der Waals surface area contributed by atoms with Gasteiger partial charge in [0.15, 0.2) is 5.96 Å². The summed E-state index contributed by atoms with van der Waals surface area (Å²) >= 11 is 0. The molecule has 0 aromatic carbocycles. The number of sulfonamides is 1. The fourth-order valence-corrected chi connectivity index (χ4v) is 4.94.